The number of amides is 1. The summed E-state index contributed by atoms with van der Waals surface area (Å²) in [6.45, 7) is 9.10. The summed E-state index contributed by atoms with van der Waals surface area (Å²) < 4.78 is 5.49. The molecule has 0 aliphatic carbocycles. The Hall–Kier alpha value is -2.13. The van der Waals surface area contributed by atoms with Crippen molar-refractivity contribution in [1.82, 2.24) is 14.8 Å². The van der Waals surface area contributed by atoms with Gasteiger partial charge in [0.05, 0.1) is 12.7 Å². The van der Waals surface area contributed by atoms with Crippen LogP contribution in [0.15, 0.2) is 18.3 Å². The lowest BCUT2D eigenvalue weighted by molar-refractivity contribution is 0.0567. The van der Waals surface area contributed by atoms with Gasteiger partial charge in [-0.15, -0.1) is 0 Å². The molecule has 0 N–H and O–H groups in total. The first kappa shape index (κ1) is 17.2. The Morgan fingerprint density at radius 2 is 2.09 bits per heavy atom. The predicted octanol–water partition coefficient (Wildman–Crippen LogP) is 1.79. The topological polar surface area (TPSA) is 69.5 Å². The molecule has 0 saturated carbocycles. The van der Waals surface area contributed by atoms with Crippen LogP contribution in [0.3, 0.4) is 0 Å². The molecule has 0 bridgehead atoms. The van der Waals surface area contributed by atoms with E-state index in [0.717, 1.165) is 0 Å². The van der Waals surface area contributed by atoms with Gasteiger partial charge in [0, 0.05) is 32.4 Å². The Morgan fingerprint density at radius 3 is 2.65 bits per heavy atom. The molecule has 124 valence electrons. The summed E-state index contributed by atoms with van der Waals surface area (Å²) in [7, 11) is 0. The molecule has 1 atom stereocenters. The Balaban J connectivity index is 2.03. The van der Waals surface area contributed by atoms with Crippen LogP contribution >= 0.6 is 0 Å². The summed E-state index contributed by atoms with van der Waals surface area (Å²) in [5.74, 6) is 0.703. The standard InChI is InChI=1S/C17H24N4O2/c1-4-23-15-6-5-7-19-16(15)17(22)21-10-8-20(9-11-21)14(12-18)13(2)3/h5-7,13-14H,4,8-11H2,1-3H3/t14-/m0/s1. The monoisotopic (exact) mass is 316 g/mol. The van der Waals surface area contributed by atoms with E-state index in [2.05, 4.69) is 16.0 Å². The summed E-state index contributed by atoms with van der Waals surface area (Å²) in [6.07, 6.45) is 1.61. The van der Waals surface area contributed by atoms with Crippen molar-refractivity contribution in [1.29, 1.82) is 5.26 Å². The van der Waals surface area contributed by atoms with Crippen molar-refractivity contribution < 1.29 is 9.53 Å². The average Bonchev–Trinajstić information content (AvgIpc) is 2.56. The number of rotatable bonds is 5. The first-order chi connectivity index (χ1) is 11.1. The molecule has 1 fully saturated rings. The summed E-state index contributed by atoms with van der Waals surface area (Å²) in [6, 6.07) is 5.80. The molecule has 2 rings (SSSR count). The average molecular weight is 316 g/mol. The molecule has 6 nitrogen and oxygen atoms in total. The van der Waals surface area contributed by atoms with Crippen LogP contribution in [0.5, 0.6) is 5.75 Å². The van der Waals surface area contributed by atoms with Crippen LogP contribution in [0, 0.1) is 17.2 Å². The van der Waals surface area contributed by atoms with Crippen LogP contribution < -0.4 is 4.74 Å². The Labute approximate surface area is 137 Å². The second kappa shape index (κ2) is 7.93. The van der Waals surface area contributed by atoms with Crippen LogP contribution in [0.25, 0.3) is 0 Å². The van der Waals surface area contributed by atoms with Crippen LogP contribution in [0.2, 0.25) is 0 Å². The van der Waals surface area contributed by atoms with E-state index in [1.165, 1.54) is 0 Å². The molecule has 23 heavy (non-hydrogen) atoms. The van der Waals surface area contributed by atoms with Crippen molar-refractivity contribution in [3.05, 3.63) is 24.0 Å². The molecule has 2 heterocycles. The molecule has 1 aliphatic heterocycles. The van der Waals surface area contributed by atoms with E-state index in [1.54, 1.807) is 23.2 Å². The number of piperazine rings is 1. The summed E-state index contributed by atoms with van der Waals surface area (Å²) >= 11 is 0. The lowest BCUT2D eigenvalue weighted by Crippen LogP contribution is -2.53. The van der Waals surface area contributed by atoms with Gasteiger partial charge in [-0.1, -0.05) is 13.8 Å². The van der Waals surface area contributed by atoms with Crippen molar-refractivity contribution >= 4 is 5.91 Å². The highest BCUT2D eigenvalue weighted by Crippen LogP contribution is 2.19. The van der Waals surface area contributed by atoms with Gasteiger partial charge in [0.15, 0.2) is 11.4 Å². The molecular formula is C17H24N4O2. The van der Waals surface area contributed by atoms with Gasteiger partial charge in [-0.3, -0.25) is 9.69 Å². The number of ether oxygens (including phenoxy) is 1. The number of carbonyl (C=O) groups is 1. The van der Waals surface area contributed by atoms with Gasteiger partial charge < -0.3 is 9.64 Å². The minimum atomic E-state index is -0.105. The molecule has 0 radical (unpaired) electrons. The number of nitrogens with zero attached hydrogens (tertiary/aromatic N) is 4. The van der Waals surface area contributed by atoms with E-state index >= 15 is 0 Å². The fraction of sp³-hybridized carbons (Fsp3) is 0.588. The quantitative estimate of drug-likeness (QED) is 0.828. The molecule has 0 aromatic carbocycles. The van der Waals surface area contributed by atoms with Crippen molar-refractivity contribution in [3.63, 3.8) is 0 Å². The highest BCUT2D eigenvalue weighted by Gasteiger charge is 2.29. The Morgan fingerprint density at radius 1 is 1.39 bits per heavy atom. The maximum atomic E-state index is 12.7. The van der Waals surface area contributed by atoms with Gasteiger partial charge in [-0.05, 0) is 25.0 Å². The number of carbonyl (C=O) groups excluding carboxylic acids is 1. The number of nitriles is 1. The van der Waals surface area contributed by atoms with Gasteiger partial charge in [-0.2, -0.15) is 5.26 Å². The molecule has 1 aromatic heterocycles. The van der Waals surface area contributed by atoms with Crippen molar-refractivity contribution in [2.75, 3.05) is 32.8 Å². The lowest BCUT2D eigenvalue weighted by Gasteiger charge is -2.38. The van der Waals surface area contributed by atoms with Crippen molar-refractivity contribution in [2.45, 2.75) is 26.8 Å². The number of aromatic nitrogens is 1. The lowest BCUT2D eigenvalue weighted by atomic mass is 10.0. The largest absolute Gasteiger partial charge is 0.491 e. The summed E-state index contributed by atoms with van der Waals surface area (Å²) in [5, 5.41) is 9.30. The van der Waals surface area contributed by atoms with Crippen molar-refractivity contribution in [2.24, 2.45) is 5.92 Å². The maximum absolute atomic E-state index is 12.7. The van der Waals surface area contributed by atoms with Gasteiger partial charge >= 0.3 is 0 Å². The third-order valence-electron chi connectivity index (χ3n) is 4.03. The Kier molecular flexibility index (Phi) is 5.94. The minimum absolute atomic E-state index is 0.0962. The predicted molar refractivity (Wildman–Crippen MR) is 87.1 cm³/mol. The maximum Gasteiger partial charge on any atom is 0.276 e. The third-order valence-corrected chi connectivity index (χ3v) is 4.03. The molecule has 1 aliphatic rings. The second-order valence-electron chi connectivity index (χ2n) is 5.93. The van der Waals surface area contributed by atoms with Crippen LogP contribution in [0.4, 0.5) is 0 Å². The van der Waals surface area contributed by atoms with Gasteiger partial charge in [0.1, 0.15) is 6.04 Å². The fourth-order valence-electron chi connectivity index (χ4n) is 2.83. The molecular weight excluding hydrogens is 292 g/mol. The second-order valence-corrected chi connectivity index (χ2v) is 5.93. The number of hydrogen-bond donors (Lipinski definition) is 0. The third kappa shape index (κ3) is 3.99. The van der Waals surface area contributed by atoms with Crippen LogP contribution in [0.1, 0.15) is 31.3 Å². The van der Waals surface area contributed by atoms with Gasteiger partial charge in [0.25, 0.3) is 5.91 Å². The first-order valence-corrected chi connectivity index (χ1v) is 8.09. The molecule has 1 aromatic rings. The van der Waals surface area contributed by atoms with E-state index in [1.807, 2.05) is 20.8 Å². The fourth-order valence-corrected chi connectivity index (χ4v) is 2.83. The summed E-state index contributed by atoms with van der Waals surface area (Å²) in [5.41, 5.74) is 0.364. The van der Waals surface area contributed by atoms with E-state index in [9.17, 15) is 10.1 Å². The van der Waals surface area contributed by atoms with E-state index < -0.39 is 0 Å². The first-order valence-electron chi connectivity index (χ1n) is 8.09. The molecule has 1 saturated heterocycles. The highest BCUT2D eigenvalue weighted by atomic mass is 16.5. The molecule has 0 unspecified atom stereocenters. The zero-order valence-corrected chi connectivity index (χ0v) is 14.0. The smallest absolute Gasteiger partial charge is 0.276 e. The zero-order valence-electron chi connectivity index (χ0n) is 14.0. The minimum Gasteiger partial charge on any atom is -0.491 e. The van der Waals surface area contributed by atoms with E-state index in [-0.39, 0.29) is 17.9 Å². The normalized spacial score (nSPS) is 16.9. The number of pyridine rings is 1. The molecule has 0 spiro atoms. The zero-order chi connectivity index (χ0) is 16.8. The Bertz CT molecular complexity index is 574. The van der Waals surface area contributed by atoms with Crippen LogP contribution in [-0.4, -0.2) is 59.5 Å². The van der Waals surface area contributed by atoms with Gasteiger partial charge in [0.2, 0.25) is 0 Å². The highest BCUT2D eigenvalue weighted by molar-refractivity contribution is 5.95. The molecule has 1 amide bonds. The van der Waals surface area contributed by atoms with E-state index in [4.69, 9.17) is 4.74 Å². The number of hydrogen-bond acceptors (Lipinski definition) is 5. The SMILES string of the molecule is CCOc1cccnc1C(=O)N1CCN([C@@H](C#N)C(C)C)CC1. The van der Waals surface area contributed by atoms with Crippen LogP contribution in [-0.2, 0) is 0 Å². The van der Waals surface area contributed by atoms with E-state index in [0.29, 0.717) is 44.2 Å². The van der Waals surface area contributed by atoms with Gasteiger partial charge in [-0.25, -0.2) is 4.98 Å². The van der Waals surface area contributed by atoms with Crippen molar-refractivity contribution in [3.8, 4) is 11.8 Å². The summed E-state index contributed by atoms with van der Waals surface area (Å²) in [4.78, 5) is 20.8. The molecule has 6 heteroatoms.